The highest BCUT2D eigenvalue weighted by Crippen LogP contribution is 2.45. The van der Waals surface area contributed by atoms with Gasteiger partial charge in [-0.05, 0) is 53.9 Å². The molecule has 0 saturated carbocycles. The number of nitrogen functional groups attached to an aromatic ring is 2. The molecular formula is C26H20N6O10S3. The van der Waals surface area contributed by atoms with Crippen molar-refractivity contribution in [3.8, 4) is 5.75 Å². The van der Waals surface area contributed by atoms with Gasteiger partial charge in [0.2, 0.25) is 0 Å². The van der Waals surface area contributed by atoms with E-state index in [1.807, 2.05) is 0 Å². The molecule has 0 bridgehead atoms. The Bertz CT molecular complexity index is 2450. The molecular weight excluding hydrogens is 653 g/mol. The van der Waals surface area contributed by atoms with Crippen molar-refractivity contribution in [2.75, 3.05) is 11.5 Å². The zero-order valence-electron chi connectivity index (χ0n) is 22.3. The van der Waals surface area contributed by atoms with Crippen LogP contribution in [0, 0.1) is 0 Å². The molecule has 5 aromatic carbocycles. The Kier molecular flexibility index (Phi) is 7.77. The van der Waals surface area contributed by atoms with Crippen molar-refractivity contribution in [2.45, 2.75) is 14.7 Å². The Hall–Kier alpha value is -5.05. The van der Waals surface area contributed by atoms with Crippen molar-refractivity contribution in [3.63, 3.8) is 0 Å². The maximum atomic E-state index is 12.3. The van der Waals surface area contributed by atoms with Gasteiger partial charge in [-0.2, -0.15) is 25.3 Å². The Labute approximate surface area is 254 Å². The maximum absolute atomic E-state index is 12.3. The molecule has 0 heterocycles. The number of fused-ring (bicyclic) bond motifs is 2. The van der Waals surface area contributed by atoms with Gasteiger partial charge in [-0.25, -0.2) is 0 Å². The fourth-order valence-electron chi connectivity index (χ4n) is 4.38. The van der Waals surface area contributed by atoms with E-state index in [-0.39, 0.29) is 38.6 Å². The van der Waals surface area contributed by atoms with Crippen LogP contribution in [0.5, 0.6) is 5.75 Å². The molecule has 8 N–H and O–H groups in total. The molecule has 0 aromatic heterocycles. The molecule has 16 nitrogen and oxygen atoms in total. The van der Waals surface area contributed by atoms with Crippen molar-refractivity contribution in [1.82, 2.24) is 0 Å². The zero-order valence-corrected chi connectivity index (χ0v) is 24.8. The second-order valence-corrected chi connectivity index (χ2v) is 13.6. The summed E-state index contributed by atoms with van der Waals surface area (Å²) >= 11 is 0. The lowest BCUT2D eigenvalue weighted by molar-refractivity contribution is 0.472. The van der Waals surface area contributed by atoms with Crippen molar-refractivity contribution in [1.29, 1.82) is 0 Å². The summed E-state index contributed by atoms with van der Waals surface area (Å²) in [6, 6.07) is 14.8. The highest BCUT2D eigenvalue weighted by molar-refractivity contribution is 7.86. The Morgan fingerprint density at radius 3 is 1.71 bits per heavy atom. The second-order valence-electron chi connectivity index (χ2n) is 9.38. The van der Waals surface area contributed by atoms with E-state index in [0.29, 0.717) is 5.69 Å². The summed E-state index contributed by atoms with van der Waals surface area (Å²) in [5, 5.41) is 26.4. The van der Waals surface area contributed by atoms with Crippen LogP contribution in [0.3, 0.4) is 0 Å². The van der Waals surface area contributed by atoms with Gasteiger partial charge >= 0.3 is 0 Å². The molecule has 0 atom stereocenters. The number of azo groups is 2. The molecule has 0 amide bonds. The first kappa shape index (κ1) is 31.4. The highest BCUT2D eigenvalue weighted by atomic mass is 32.2. The topological polar surface area (TPSA) is 285 Å². The van der Waals surface area contributed by atoms with Gasteiger partial charge < -0.3 is 16.6 Å². The van der Waals surface area contributed by atoms with Crippen LogP contribution in [0.15, 0.2) is 108 Å². The van der Waals surface area contributed by atoms with E-state index < -0.39 is 62.2 Å². The molecule has 0 aliphatic heterocycles. The summed E-state index contributed by atoms with van der Waals surface area (Å²) in [6.07, 6.45) is 0. The van der Waals surface area contributed by atoms with E-state index in [2.05, 4.69) is 20.5 Å². The van der Waals surface area contributed by atoms with Crippen molar-refractivity contribution in [3.05, 3.63) is 72.8 Å². The van der Waals surface area contributed by atoms with Gasteiger partial charge in [-0.15, -0.1) is 20.5 Å². The number of rotatable bonds is 7. The first-order valence-electron chi connectivity index (χ1n) is 12.2. The first-order chi connectivity index (χ1) is 20.9. The van der Waals surface area contributed by atoms with Crippen LogP contribution in [-0.2, 0) is 30.4 Å². The number of aromatic hydroxyl groups is 1. The molecule has 0 fully saturated rings. The Balaban J connectivity index is 1.74. The third-order valence-corrected chi connectivity index (χ3v) is 9.06. The minimum atomic E-state index is -5.14. The maximum Gasteiger partial charge on any atom is 0.296 e. The van der Waals surface area contributed by atoms with E-state index in [1.165, 1.54) is 48.5 Å². The summed E-state index contributed by atoms with van der Waals surface area (Å²) in [4.78, 5) is -2.24. The predicted octanol–water partition coefficient (Wildman–Crippen LogP) is 5.43. The van der Waals surface area contributed by atoms with Crippen LogP contribution in [0.2, 0.25) is 0 Å². The summed E-state index contributed by atoms with van der Waals surface area (Å²) in [6.45, 7) is 0. The van der Waals surface area contributed by atoms with Gasteiger partial charge in [0.15, 0.2) is 5.75 Å². The summed E-state index contributed by atoms with van der Waals surface area (Å²) in [5.41, 5.74) is 10.7. The molecule has 45 heavy (non-hydrogen) atoms. The highest BCUT2D eigenvalue weighted by Gasteiger charge is 2.25. The van der Waals surface area contributed by atoms with E-state index >= 15 is 0 Å². The molecule has 19 heteroatoms. The van der Waals surface area contributed by atoms with Gasteiger partial charge in [-0.1, -0.05) is 24.3 Å². The van der Waals surface area contributed by atoms with Crippen LogP contribution in [0.1, 0.15) is 0 Å². The number of phenolic OH excluding ortho intramolecular Hbond substituents is 1. The average molecular weight is 673 g/mol. The Morgan fingerprint density at radius 2 is 1.09 bits per heavy atom. The van der Waals surface area contributed by atoms with Gasteiger partial charge in [0.05, 0.1) is 11.4 Å². The zero-order chi connectivity index (χ0) is 32.9. The normalized spacial score (nSPS) is 13.0. The molecule has 0 aliphatic rings. The number of nitrogens with two attached hydrogens (primary N) is 2. The third-order valence-electron chi connectivity index (χ3n) is 6.40. The number of phenols is 1. The van der Waals surface area contributed by atoms with Crippen LogP contribution in [-0.4, -0.2) is 44.0 Å². The molecule has 0 radical (unpaired) electrons. The number of benzene rings is 5. The van der Waals surface area contributed by atoms with Crippen LogP contribution >= 0.6 is 0 Å². The van der Waals surface area contributed by atoms with E-state index in [0.717, 1.165) is 24.3 Å². The lowest BCUT2D eigenvalue weighted by atomic mass is 10.1. The molecule has 0 saturated heterocycles. The van der Waals surface area contributed by atoms with Crippen molar-refractivity contribution in [2.24, 2.45) is 20.5 Å². The summed E-state index contributed by atoms with van der Waals surface area (Å²) in [7, 11) is -14.8. The van der Waals surface area contributed by atoms with E-state index in [4.69, 9.17) is 11.5 Å². The first-order valence-corrected chi connectivity index (χ1v) is 16.5. The SMILES string of the molecule is Nc1ccc(N=Nc2cc3c(O)c(N=Nc4ccc(S(=O)(=O)O)c5ccccc45)c(S(=O)(=O)O)cc3cc2S(=O)(=O)O)c(N)c1. The monoisotopic (exact) mass is 672 g/mol. The average Bonchev–Trinajstić information content (AvgIpc) is 2.94. The minimum absolute atomic E-state index is 0.0175. The summed E-state index contributed by atoms with van der Waals surface area (Å²) < 4.78 is 102. The van der Waals surface area contributed by atoms with E-state index in [1.54, 1.807) is 0 Å². The molecule has 0 spiro atoms. The lowest BCUT2D eigenvalue weighted by Gasteiger charge is -2.11. The number of nitrogens with zero attached hydrogens (tertiary/aromatic N) is 4. The Morgan fingerprint density at radius 1 is 0.533 bits per heavy atom. The lowest BCUT2D eigenvalue weighted by Crippen LogP contribution is -2.01. The third kappa shape index (κ3) is 6.29. The van der Waals surface area contributed by atoms with Gasteiger partial charge in [0.1, 0.15) is 31.7 Å². The second kappa shape index (κ2) is 11.1. The number of anilines is 2. The van der Waals surface area contributed by atoms with Crippen molar-refractivity contribution < 1.29 is 44.0 Å². The fourth-order valence-corrected chi connectivity index (χ4v) is 6.38. The van der Waals surface area contributed by atoms with Gasteiger partial charge in [-0.3, -0.25) is 13.7 Å². The molecule has 5 aromatic rings. The van der Waals surface area contributed by atoms with Gasteiger partial charge in [0.25, 0.3) is 30.4 Å². The van der Waals surface area contributed by atoms with E-state index in [9.17, 15) is 44.0 Å². The quantitative estimate of drug-likeness (QED) is 0.0716. The smallest absolute Gasteiger partial charge is 0.296 e. The van der Waals surface area contributed by atoms with Gasteiger partial charge in [0, 0.05) is 21.8 Å². The molecule has 0 aliphatic carbocycles. The predicted molar refractivity (Wildman–Crippen MR) is 163 cm³/mol. The number of hydrogen-bond donors (Lipinski definition) is 6. The fraction of sp³-hybridized carbons (Fsp3) is 0. The largest absolute Gasteiger partial charge is 0.505 e. The number of hydrogen-bond acceptors (Lipinski definition) is 13. The van der Waals surface area contributed by atoms with Crippen molar-refractivity contribution >= 4 is 86.0 Å². The molecule has 0 unspecified atom stereocenters. The molecule has 5 rings (SSSR count). The van der Waals surface area contributed by atoms with Crippen LogP contribution in [0.25, 0.3) is 21.5 Å². The summed E-state index contributed by atoms with van der Waals surface area (Å²) in [5.74, 6) is -0.895. The standard InChI is InChI=1S/C26H20N6O10S3/c27-14-5-6-20(18(28)11-14)30-31-21-12-17-13(9-23(21)44(37,38)39)10-24(45(40,41)42)25(26(17)33)32-29-19-7-8-22(43(34,35)36)16-4-2-1-3-15(16)19/h1-12,33H,27-28H2,(H,34,35,36)(H,37,38,39)(H,40,41,42). The van der Waals surface area contributed by atoms with Crippen LogP contribution in [0.4, 0.5) is 34.1 Å². The minimum Gasteiger partial charge on any atom is -0.505 e. The molecule has 232 valence electrons. The van der Waals surface area contributed by atoms with Crippen LogP contribution < -0.4 is 11.5 Å².